The van der Waals surface area contributed by atoms with Crippen LogP contribution in [0.2, 0.25) is 0 Å². The second-order valence-corrected chi connectivity index (χ2v) is 4.49. The third-order valence-electron chi connectivity index (χ3n) is 0.891. The molecular formula is C16H42CaO8S2. The fourth-order valence-electron chi connectivity index (χ4n) is 0.443. The van der Waals surface area contributed by atoms with Crippen molar-refractivity contribution >= 4 is 85.1 Å². The van der Waals surface area contributed by atoms with Crippen molar-refractivity contribution in [3.8, 4) is 0 Å². The van der Waals surface area contributed by atoms with Crippen molar-refractivity contribution < 1.29 is 39.6 Å². The Morgan fingerprint density at radius 2 is 0.741 bits per heavy atom. The van der Waals surface area contributed by atoms with Crippen molar-refractivity contribution in [2.45, 2.75) is 59.4 Å². The average molecular weight is 467 g/mol. The quantitative estimate of drug-likeness (QED) is 0.506. The number of rotatable bonds is 8. The van der Waals surface area contributed by atoms with E-state index in [4.69, 9.17) is 10.2 Å². The first-order chi connectivity index (χ1) is 8.25. The summed E-state index contributed by atoms with van der Waals surface area (Å²) in [6.07, 6.45) is 0. The monoisotopic (exact) mass is 466 g/mol. The van der Waals surface area contributed by atoms with Gasteiger partial charge in [0.15, 0.2) is 0 Å². The maximum absolute atomic E-state index is 9.75. The molecule has 0 heterocycles. The van der Waals surface area contributed by atoms with Crippen LogP contribution in [0.25, 0.3) is 0 Å². The Labute approximate surface area is 205 Å². The zero-order valence-corrected chi connectivity index (χ0v) is 13.5. The van der Waals surface area contributed by atoms with Crippen LogP contribution in [0.4, 0.5) is 0 Å². The maximum Gasteiger partial charge on any atom is 2.00 e. The normalized spacial score (nSPS) is 5.93. The number of aliphatic carboxylic acids is 4. The molecule has 0 fully saturated rings. The minimum atomic E-state index is -1.23. The molecule has 11 heteroatoms. The van der Waals surface area contributed by atoms with Gasteiger partial charge in [-0.3, -0.25) is 9.59 Å². The molecule has 0 aromatic heterocycles. The van der Waals surface area contributed by atoms with Crippen LogP contribution in [0.3, 0.4) is 0 Å². The summed E-state index contributed by atoms with van der Waals surface area (Å²) in [6.45, 7) is 0. The molecule has 2 N–H and O–H groups in total. The summed E-state index contributed by atoms with van der Waals surface area (Å²) >= 11 is 1.62. The van der Waals surface area contributed by atoms with Crippen LogP contribution >= 0.6 is 23.5 Å². The van der Waals surface area contributed by atoms with E-state index in [2.05, 4.69) is 0 Å². The van der Waals surface area contributed by atoms with Gasteiger partial charge in [-0.25, -0.2) is 0 Å². The molecule has 0 saturated heterocycles. The molecule has 0 aliphatic carbocycles. The molecular weight excluding hydrogens is 424 g/mol. The number of hydrogen-bond acceptors (Lipinski definition) is 8. The predicted octanol–water partition coefficient (Wildman–Crippen LogP) is 1.82. The number of carbonyl (C=O) groups excluding carboxylic acids is 2. The minimum Gasteiger partial charge on any atom is -0.549 e. The molecule has 0 aromatic rings. The van der Waals surface area contributed by atoms with Crippen molar-refractivity contribution in [3.05, 3.63) is 0 Å². The second kappa shape index (κ2) is 50.1. The van der Waals surface area contributed by atoms with Crippen LogP contribution in [-0.4, -0.2) is 94.8 Å². The number of carboxylic acid groups (broad SMARTS) is 4. The zero-order valence-electron chi connectivity index (χ0n) is 9.70. The van der Waals surface area contributed by atoms with Gasteiger partial charge in [-0.2, -0.15) is 0 Å². The number of carboxylic acids is 4. The Bertz CT molecular complexity index is 259. The summed E-state index contributed by atoms with van der Waals surface area (Å²) in [6, 6.07) is 0. The van der Waals surface area contributed by atoms with Gasteiger partial charge in [-0.1, -0.05) is 59.4 Å². The summed E-state index contributed by atoms with van der Waals surface area (Å²) in [5, 5.41) is 35.3. The minimum absolute atomic E-state index is 0. The molecule has 0 amide bonds. The Kier molecular flexibility index (Phi) is 133. The largest absolute Gasteiger partial charge is 2.00 e. The van der Waals surface area contributed by atoms with E-state index < -0.39 is 23.9 Å². The van der Waals surface area contributed by atoms with Crippen molar-refractivity contribution in [1.82, 2.24) is 0 Å². The fraction of sp³-hybridized carbons (Fsp3) is 0.750. The molecule has 0 bridgehead atoms. The van der Waals surface area contributed by atoms with Gasteiger partial charge in [-0.05, 0) is 0 Å². The van der Waals surface area contributed by atoms with Gasteiger partial charge in [0.2, 0.25) is 0 Å². The summed E-state index contributed by atoms with van der Waals surface area (Å²) in [4.78, 5) is 38.8. The molecule has 8 nitrogen and oxygen atoms in total. The van der Waals surface area contributed by atoms with E-state index in [9.17, 15) is 29.4 Å². The van der Waals surface area contributed by atoms with Crippen LogP contribution in [0.1, 0.15) is 59.4 Å². The van der Waals surface area contributed by atoms with Crippen LogP contribution in [0, 0.1) is 0 Å². The van der Waals surface area contributed by atoms with Gasteiger partial charge in [0, 0.05) is 11.5 Å². The van der Waals surface area contributed by atoms with Gasteiger partial charge in [0.05, 0.1) is 23.4 Å². The van der Waals surface area contributed by atoms with Crippen LogP contribution < -0.4 is 10.2 Å². The smallest absolute Gasteiger partial charge is 0.549 e. The topological polar surface area (TPSA) is 155 Å². The number of carbonyl (C=O) groups is 4. The van der Waals surface area contributed by atoms with Gasteiger partial charge in [-0.15, -0.1) is 23.5 Å². The van der Waals surface area contributed by atoms with Crippen molar-refractivity contribution in [2.24, 2.45) is 0 Å². The summed E-state index contributed by atoms with van der Waals surface area (Å²) in [5.74, 6) is -5.38. The van der Waals surface area contributed by atoms with Crippen molar-refractivity contribution in [1.29, 1.82) is 0 Å². The summed E-state index contributed by atoms with van der Waals surface area (Å²) < 4.78 is 0. The molecule has 27 heavy (non-hydrogen) atoms. The second-order valence-electron chi connectivity index (χ2n) is 2.52. The first kappa shape index (κ1) is 71.4. The Morgan fingerprint density at radius 1 is 0.556 bits per heavy atom. The number of hydrogen-bond donors (Lipinski definition) is 2. The van der Waals surface area contributed by atoms with Crippen molar-refractivity contribution in [3.63, 3.8) is 0 Å². The Morgan fingerprint density at radius 3 is 0.852 bits per heavy atom. The van der Waals surface area contributed by atoms with Gasteiger partial charge in [0.25, 0.3) is 0 Å². The van der Waals surface area contributed by atoms with E-state index in [1.165, 1.54) is 0 Å². The molecule has 168 valence electrons. The Hall–Kier alpha value is -0.160. The van der Waals surface area contributed by atoms with E-state index in [0.29, 0.717) is 0 Å². The molecule has 0 aliphatic rings. The van der Waals surface area contributed by atoms with E-state index in [1.807, 2.05) is 0 Å². The van der Waals surface area contributed by atoms with E-state index in [0.717, 1.165) is 23.5 Å². The SMILES string of the molecule is C.C.C.C.C.C.C.C.O=C([O-])CSCC(=O)O.O=C([O-])CSCC(=O)O.[Ca+2]. The number of thioether (sulfide) groups is 2. The molecule has 0 saturated carbocycles. The molecule has 0 spiro atoms. The molecule has 0 atom stereocenters. The van der Waals surface area contributed by atoms with Crippen LogP contribution in [-0.2, 0) is 19.2 Å². The molecule has 0 aromatic carbocycles. The third kappa shape index (κ3) is 105. The fourth-order valence-corrected chi connectivity index (χ4v) is 1.33. The first-order valence-corrected chi connectivity index (χ1v) is 6.55. The molecule has 0 radical (unpaired) electrons. The molecule has 0 unspecified atom stereocenters. The van der Waals surface area contributed by atoms with Crippen LogP contribution in [0.5, 0.6) is 0 Å². The molecule has 0 aliphatic heterocycles. The molecule has 0 rings (SSSR count). The van der Waals surface area contributed by atoms with Crippen LogP contribution in [0.15, 0.2) is 0 Å². The summed E-state index contributed by atoms with van der Waals surface area (Å²) in [5.41, 5.74) is 0. The van der Waals surface area contributed by atoms with E-state index in [1.54, 1.807) is 0 Å². The average Bonchev–Trinajstić information content (AvgIpc) is 2.15. The van der Waals surface area contributed by atoms with E-state index in [-0.39, 0.29) is 120 Å². The predicted molar refractivity (Wildman–Crippen MR) is 120 cm³/mol. The zero-order chi connectivity index (χ0) is 14.6. The van der Waals surface area contributed by atoms with Gasteiger partial charge < -0.3 is 30.0 Å². The van der Waals surface area contributed by atoms with E-state index >= 15 is 0 Å². The maximum atomic E-state index is 9.75. The van der Waals surface area contributed by atoms with Gasteiger partial charge in [0.1, 0.15) is 0 Å². The van der Waals surface area contributed by atoms with Gasteiger partial charge >= 0.3 is 49.7 Å². The Balaban J connectivity index is -0.0000000158. The first-order valence-electron chi connectivity index (χ1n) is 4.24. The third-order valence-corrected chi connectivity index (χ3v) is 2.67. The summed E-state index contributed by atoms with van der Waals surface area (Å²) in [7, 11) is 0. The standard InChI is InChI=1S/2C4H6O4S.8CH4.Ca/c2*5-3(6)1-9-2-4(7)8;;;;;;;;;/h2*1-2H2,(H,5,6)(H,7,8);8*1H4;/q;;;;;;;;;;+2/p-2. The van der Waals surface area contributed by atoms with Crippen molar-refractivity contribution in [2.75, 3.05) is 23.0 Å².